The molecule has 0 saturated heterocycles. The summed E-state index contributed by atoms with van der Waals surface area (Å²) in [5, 5.41) is 4.01. The Balaban J connectivity index is 2.12. The van der Waals surface area contributed by atoms with Gasteiger partial charge in [0.15, 0.2) is 0 Å². The van der Waals surface area contributed by atoms with Gasteiger partial charge in [0.25, 0.3) is 0 Å². The maximum Gasteiger partial charge on any atom is 0.117 e. The highest BCUT2D eigenvalue weighted by Gasteiger charge is 2.06. The van der Waals surface area contributed by atoms with Crippen molar-refractivity contribution in [2.75, 3.05) is 5.73 Å². The van der Waals surface area contributed by atoms with Gasteiger partial charge >= 0.3 is 0 Å². The second kappa shape index (κ2) is 4.35. The van der Waals surface area contributed by atoms with Crippen LogP contribution in [-0.4, -0.2) is 9.97 Å². The van der Waals surface area contributed by atoms with E-state index in [2.05, 4.69) is 21.4 Å². The van der Waals surface area contributed by atoms with Gasteiger partial charge in [0, 0.05) is 11.1 Å². The fourth-order valence-electron chi connectivity index (χ4n) is 1.55. The Bertz CT molecular complexity index is 650. The highest BCUT2D eigenvalue weighted by Crippen LogP contribution is 2.34. The molecular formula is C12H9N3S2. The number of thiophene rings is 1. The Morgan fingerprint density at radius 2 is 2.12 bits per heavy atom. The van der Waals surface area contributed by atoms with E-state index in [1.807, 2.05) is 24.3 Å². The van der Waals surface area contributed by atoms with Gasteiger partial charge in [-0.1, -0.05) is 17.8 Å². The highest BCUT2D eigenvalue weighted by molar-refractivity contribution is 8.01. The van der Waals surface area contributed by atoms with E-state index in [-0.39, 0.29) is 0 Å². The van der Waals surface area contributed by atoms with Crippen molar-refractivity contribution in [3.8, 4) is 0 Å². The second-order valence-electron chi connectivity index (χ2n) is 3.49. The van der Waals surface area contributed by atoms with Gasteiger partial charge in [0.05, 0.1) is 9.73 Å². The summed E-state index contributed by atoms with van der Waals surface area (Å²) in [5.74, 6) is 0. The van der Waals surface area contributed by atoms with Crippen LogP contribution < -0.4 is 5.73 Å². The van der Waals surface area contributed by atoms with Gasteiger partial charge < -0.3 is 5.73 Å². The molecule has 0 atom stereocenters. The first-order valence-corrected chi connectivity index (χ1v) is 6.74. The predicted octanol–water partition coefficient (Wildman–Crippen LogP) is 3.42. The average molecular weight is 259 g/mol. The molecule has 3 rings (SSSR count). The van der Waals surface area contributed by atoms with Crippen LogP contribution in [0.4, 0.5) is 5.69 Å². The van der Waals surface area contributed by atoms with Crippen LogP contribution >= 0.6 is 23.1 Å². The molecule has 3 aromatic rings. The minimum absolute atomic E-state index is 0.736. The van der Waals surface area contributed by atoms with Gasteiger partial charge in [-0.05, 0) is 29.6 Å². The zero-order valence-corrected chi connectivity index (χ0v) is 10.5. The largest absolute Gasteiger partial charge is 0.399 e. The number of nitrogen functional groups attached to an aromatic ring is 1. The number of nitrogens with zero attached hydrogens (tertiary/aromatic N) is 2. The summed E-state index contributed by atoms with van der Waals surface area (Å²) in [6, 6.07) is 9.81. The molecule has 0 radical (unpaired) electrons. The molecule has 1 aromatic carbocycles. The van der Waals surface area contributed by atoms with E-state index in [0.717, 1.165) is 21.6 Å². The number of benzene rings is 1. The Morgan fingerprint density at radius 3 is 2.94 bits per heavy atom. The van der Waals surface area contributed by atoms with E-state index in [9.17, 15) is 0 Å². The fourth-order valence-corrected chi connectivity index (χ4v) is 3.30. The van der Waals surface area contributed by atoms with Crippen LogP contribution in [0.25, 0.3) is 10.9 Å². The molecule has 0 aliphatic rings. The summed E-state index contributed by atoms with van der Waals surface area (Å²) in [7, 11) is 0. The summed E-state index contributed by atoms with van der Waals surface area (Å²) < 4.78 is 1.22. The first-order chi connectivity index (χ1) is 8.33. The standard InChI is InChI=1S/C12H9N3S2/c13-8-3-4-10-9(6-8)12(15-7-14-10)17-11-2-1-5-16-11/h1-7H,13H2. The SMILES string of the molecule is Nc1ccc2ncnc(Sc3cccs3)c2c1. The van der Waals surface area contributed by atoms with Crippen molar-refractivity contribution < 1.29 is 0 Å². The zero-order valence-electron chi connectivity index (χ0n) is 8.83. The highest BCUT2D eigenvalue weighted by atomic mass is 32.2. The van der Waals surface area contributed by atoms with Crippen LogP contribution in [-0.2, 0) is 0 Å². The Morgan fingerprint density at radius 1 is 1.18 bits per heavy atom. The minimum Gasteiger partial charge on any atom is -0.399 e. The molecule has 0 aliphatic carbocycles. The van der Waals surface area contributed by atoms with Crippen LogP contribution in [0.3, 0.4) is 0 Å². The van der Waals surface area contributed by atoms with Crippen LogP contribution in [0.2, 0.25) is 0 Å². The second-order valence-corrected chi connectivity index (χ2v) is 5.73. The molecule has 0 bridgehead atoms. The molecule has 0 fully saturated rings. The van der Waals surface area contributed by atoms with Gasteiger partial charge in [0.2, 0.25) is 0 Å². The monoisotopic (exact) mass is 259 g/mol. The summed E-state index contributed by atoms with van der Waals surface area (Å²) >= 11 is 3.35. The first kappa shape index (κ1) is 10.6. The number of hydrogen-bond acceptors (Lipinski definition) is 5. The Labute approximate surface area is 107 Å². The van der Waals surface area contributed by atoms with E-state index in [4.69, 9.17) is 5.73 Å². The first-order valence-electron chi connectivity index (χ1n) is 5.04. The van der Waals surface area contributed by atoms with Crippen molar-refractivity contribution >= 4 is 39.7 Å². The quantitative estimate of drug-likeness (QED) is 0.566. The third kappa shape index (κ3) is 2.11. The van der Waals surface area contributed by atoms with Gasteiger partial charge in [-0.25, -0.2) is 9.97 Å². The van der Waals surface area contributed by atoms with Crippen molar-refractivity contribution in [1.29, 1.82) is 0 Å². The molecule has 84 valence electrons. The number of nitrogens with two attached hydrogens (primary N) is 1. The maximum atomic E-state index is 5.80. The predicted molar refractivity (Wildman–Crippen MR) is 72.4 cm³/mol. The van der Waals surface area contributed by atoms with E-state index in [1.165, 1.54) is 4.21 Å². The number of hydrogen-bond donors (Lipinski definition) is 1. The van der Waals surface area contributed by atoms with Crippen molar-refractivity contribution in [3.63, 3.8) is 0 Å². The third-order valence-electron chi connectivity index (χ3n) is 2.32. The molecule has 3 nitrogen and oxygen atoms in total. The summed E-state index contributed by atoms with van der Waals surface area (Å²) in [6.07, 6.45) is 1.59. The molecule has 17 heavy (non-hydrogen) atoms. The lowest BCUT2D eigenvalue weighted by Crippen LogP contribution is -1.89. The lowest BCUT2D eigenvalue weighted by Gasteiger charge is -2.03. The molecule has 0 saturated carbocycles. The fraction of sp³-hybridized carbons (Fsp3) is 0. The average Bonchev–Trinajstić information content (AvgIpc) is 2.83. The van der Waals surface area contributed by atoms with Gasteiger partial charge in [-0.3, -0.25) is 0 Å². The van der Waals surface area contributed by atoms with Crippen molar-refractivity contribution in [1.82, 2.24) is 9.97 Å². The van der Waals surface area contributed by atoms with Gasteiger partial charge in [-0.2, -0.15) is 0 Å². The normalized spacial score (nSPS) is 10.8. The van der Waals surface area contributed by atoms with Crippen LogP contribution in [0.1, 0.15) is 0 Å². The van der Waals surface area contributed by atoms with E-state index in [0.29, 0.717) is 0 Å². The third-order valence-corrected chi connectivity index (χ3v) is 4.37. The summed E-state index contributed by atoms with van der Waals surface area (Å²) in [6.45, 7) is 0. The van der Waals surface area contributed by atoms with E-state index >= 15 is 0 Å². The Kier molecular flexibility index (Phi) is 2.70. The zero-order chi connectivity index (χ0) is 11.7. The van der Waals surface area contributed by atoms with Crippen LogP contribution in [0, 0.1) is 0 Å². The number of aromatic nitrogens is 2. The number of rotatable bonds is 2. The molecule has 2 N–H and O–H groups in total. The lowest BCUT2D eigenvalue weighted by atomic mass is 10.2. The molecule has 2 aromatic heterocycles. The van der Waals surface area contributed by atoms with Crippen molar-refractivity contribution in [3.05, 3.63) is 42.0 Å². The molecule has 0 aliphatic heterocycles. The molecule has 2 heterocycles. The van der Waals surface area contributed by atoms with Gasteiger partial charge in [0.1, 0.15) is 11.4 Å². The van der Waals surface area contributed by atoms with Crippen LogP contribution in [0.15, 0.2) is 51.3 Å². The van der Waals surface area contributed by atoms with Crippen molar-refractivity contribution in [2.24, 2.45) is 0 Å². The lowest BCUT2D eigenvalue weighted by molar-refractivity contribution is 1.10. The van der Waals surface area contributed by atoms with Crippen LogP contribution in [0.5, 0.6) is 0 Å². The van der Waals surface area contributed by atoms with Crippen molar-refractivity contribution in [2.45, 2.75) is 9.24 Å². The summed E-state index contributed by atoms with van der Waals surface area (Å²) in [4.78, 5) is 8.56. The number of fused-ring (bicyclic) bond motifs is 1. The maximum absolute atomic E-state index is 5.80. The number of anilines is 1. The topological polar surface area (TPSA) is 51.8 Å². The molecule has 0 unspecified atom stereocenters. The van der Waals surface area contributed by atoms with Gasteiger partial charge in [-0.15, -0.1) is 11.3 Å². The summed E-state index contributed by atoms with van der Waals surface area (Å²) in [5.41, 5.74) is 7.46. The molecule has 0 spiro atoms. The Hall–Kier alpha value is -1.59. The smallest absolute Gasteiger partial charge is 0.117 e. The van der Waals surface area contributed by atoms with E-state index < -0.39 is 0 Å². The minimum atomic E-state index is 0.736. The molecule has 5 heteroatoms. The molecular weight excluding hydrogens is 250 g/mol. The molecule has 0 amide bonds. The van der Waals surface area contributed by atoms with E-state index in [1.54, 1.807) is 29.4 Å².